The van der Waals surface area contributed by atoms with Crippen molar-refractivity contribution in [3.05, 3.63) is 40.8 Å². The summed E-state index contributed by atoms with van der Waals surface area (Å²) in [5, 5.41) is 2.06. The van der Waals surface area contributed by atoms with Crippen LogP contribution in [-0.4, -0.2) is 4.98 Å². The third-order valence-electron chi connectivity index (χ3n) is 5.50. The Kier molecular flexibility index (Phi) is 4.33. The lowest BCUT2D eigenvalue weighted by molar-refractivity contribution is 0.484. The molecule has 0 saturated carbocycles. The maximum Gasteiger partial charge on any atom is 0.237 e. The van der Waals surface area contributed by atoms with Crippen LogP contribution in [0.15, 0.2) is 34.1 Å². The van der Waals surface area contributed by atoms with Crippen LogP contribution in [0.1, 0.15) is 65.5 Å². The van der Waals surface area contributed by atoms with E-state index in [0.717, 1.165) is 34.7 Å². The van der Waals surface area contributed by atoms with E-state index in [1.54, 1.807) is 11.3 Å². The summed E-state index contributed by atoms with van der Waals surface area (Å²) in [5.41, 5.74) is 4.74. The first-order valence-electron chi connectivity index (χ1n) is 8.78. The molecule has 0 spiro atoms. The molecule has 0 atom stereocenters. The van der Waals surface area contributed by atoms with Gasteiger partial charge < -0.3 is 4.42 Å². The monoisotopic (exact) mass is 341 g/mol. The molecule has 1 aromatic carbocycles. The molecule has 3 rings (SSSR count). The van der Waals surface area contributed by atoms with Crippen LogP contribution in [0.2, 0.25) is 0 Å². The van der Waals surface area contributed by atoms with Gasteiger partial charge in [-0.15, -0.1) is 11.3 Å². The van der Waals surface area contributed by atoms with Gasteiger partial charge in [0.05, 0.1) is 4.88 Å². The smallest absolute Gasteiger partial charge is 0.237 e. The second kappa shape index (κ2) is 6.03. The van der Waals surface area contributed by atoms with Crippen molar-refractivity contribution in [1.82, 2.24) is 4.98 Å². The Balaban J connectivity index is 2.28. The Hall–Kier alpha value is -1.61. The van der Waals surface area contributed by atoms with Crippen molar-refractivity contribution in [3.63, 3.8) is 0 Å². The lowest BCUT2D eigenvalue weighted by atomic mass is 9.76. The van der Waals surface area contributed by atoms with Crippen molar-refractivity contribution in [2.24, 2.45) is 0 Å². The van der Waals surface area contributed by atoms with Crippen LogP contribution >= 0.6 is 11.3 Å². The first-order chi connectivity index (χ1) is 11.3. The molecule has 2 nitrogen and oxygen atoms in total. The van der Waals surface area contributed by atoms with E-state index in [9.17, 15) is 0 Å². The summed E-state index contributed by atoms with van der Waals surface area (Å²) in [7, 11) is 0. The average molecular weight is 342 g/mol. The zero-order valence-corrected chi connectivity index (χ0v) is 16.4. The van der Waals surface area contributed by atoms with Gasteiger partial charge in [0.1, 0.15) is 5.52 Å². The van der Waals surface area contributed by atoms with Crippen LogP contribution in [0.3, 0.4) is 0 Å². The summed E-state index contributed by atoms with van der Waals surface area (Å²) >= 11 is 1.67. The molecule has 0 fully saturated rings. The molecule has 128 valence electrons. The van der Waals surface area contributed by atoms with Crippen molar-refractivity contribution in [1.29, 1.82) is 0 Å². The third kappa shape index (κ3) is 2.90. The SMILES string of the molecule is CCC(C)(C)c1cc(C(C)(C)CC)c2oc(-c3cccs3)nc2c1. The molecule has 0 radical (unpaired) electrons. The second-order valence-electron chi connectivity index (χ2n) is 7.84. The predicted molar refractivity (Wildman–Crippen MR) is 104 cm³/mol. The molecule has 0 N–H and O–H groups in total. The Bertz CT molecular complexity index is 840. The van der Waals surface area contributed by atoms with E-state index < -0.39 is 0 Å². The van der Waals surface area contributed by atoms with Gasteiger partial charge in [-0.3, -0.25) is 0 Å². The van der Waals surface area contributed by atoms with Gasteiger partial charge in [0.15, 0.2) is 5.58 Å². The quantitative estimate of drug-likeness (QED) is 0.503. The molecule has 0 amide bonds. The number of benzene rings is 1. The molecule has 0 aliphatic rings. The van der Waals surface area contributed by atoms with E-state index >= 15 is 0 Å². The fourth-order valence-electron chi connectivity index (χ4n) is 2.83. The number of aromatic nitrogens is 1. The summed E-state index contributed by atoms with van der Waals surface area (Å²) in [4.78, 5) is 5.90. The highest BCUT2D eigenvalue weighted by atomic mass is 32.1. The highest BCUT2D eigenvalue weighted by Crippen LogP contribution is 2.39. The predicted octanol–water partition coefficient (Wildman–Crippen LogP) is 6.93. The van der Waals surface area contributed by atoms with Gasteiger partial charge in [-0.25, -0.2) is 4.98 Å². The van der Waals surface area contributed by atoms with E-state index in [1.807, 2.05) is 6.07 Å². The summed E-state index contributed by atoms with van der Waals surface area (Å²) in [6.45, 7) is 13.7. The van der Waals surface area contributed by atoms with Gasteiger partial charge >= 0.3 is 0 Å². The van der Waals surface area contributed by atoms with Crippen LogP contribution in [0.5, 0.6) is 0 Å². The molecule has 2 aromatic heterocycles. The minimum Gasteiger partial charge on any atom is -0.435 e. The first kappa shape index (κ1) is 17.2. The van der Waals surface area contributed by atoms with Gasteiger partial charge in [0.25, 0.3) is 0 Å². The zero-order valence-electron chi connectivity index (χ0n) is 15.6. The molecule has 0 unspecified atom stereocenters. The van der Waals surface area contributed by atoms with E-state index in [-0.39, 0.29) is 10.8 Å². The van der Waals surface area contributed by atoms with Crippen molar-refractivity contribution in [2.45, 2.75) is 65.2 Å². The fourth-order valence-corrected chi connectivity index (χ4v) is 3.48. The van der Waals surface area contributed by atoms with Crippen molar-refractivity contribution >= 4 is 22.4 Å². The molecule has 2 heterocycles. The Morgan fingerprint density at radius 1 is 1.04 bits per heavy atom. The molecular weight excluding hydrogens is 314 g/mol. The standard InChI is InChI=1S/C21H27NOS/c1-7-20(3,4)14-12-15(21(5,6)8-2)18-16(13-14)22-19(23-18)17-10-9-11-24-17/h9-13H,7-8H2,1-6H3. The molecule has 0 saturated heterocycles. The minimum absolute atomic E-state index is 0.0599. The highest BCUT2D eigenvalue weighted by molar-refractivity contribution is 7.13. The maximum atomic E-state index is 6.23. The second-order valence-corrected chi connectivity index (χ2v) is 8.79. The summed E-state index contributed by atoms with van der Waals surface area (Å²) < 4.78 is 6.23. The molecule has 0 aliphatic carbocycles. The molecule has 24 heavy (non-hydrogen) atoms. The van der Waals surface area contributed by atoms with E-state index in [0.29, 0.717) is 0 Å². The van der Waals surface area contributed by atoms with E-state index in [4.69, 9.17) is 9.40 Å². The number of hydrogen-bond acceptors (Lipinski definition) is 3. The topological polar surface area (TPSA) is 26.0 Å². The third-order valence-corrected chi connectivity index (χ3v) is 6.36. The number of fused-ring (bicyclic) bond motifs is 1. The normalized spacial score (nSPS) is 12.9. The molecule has 0 aliphatic heterocycles. The highest BCUT2D eigenvalue weighted by Gasteiger charge is 2.28. The molecule has 3 aromatic rings. The van der Waals surface area contributed by atoms with Crippen LogP contribution in [0.4, 0.5) is 0 Å². The lowest BCUT2D eigenvalue weighted by Crippen LogP contribution is -2.20. The number of nitrogens with zero attached hydrogens (tertiary/aromatic N) is 1. The molecular formula is C21H27NOS. The van der Waals surface area contributed by atoms with E-state index in [2.05, 4.69) is 65.1 Å². The Labute approximate surface area is 148 Å². The zero-order chi connectivity index (χ0) is 17.5. The largest absolute Gasteiger partial charge is 0.435 e. The van der Waals surface area contributed by atoms with Gasteiger partial charge in [-0.1, -0.05) is 53.7 Å². The minimum atomic E-state index is 0.0599. The lowest BCUT2D eigenvalue weighted by Gasteiger charge is -2.28. The van der Waals surface area contributed by atoms with Crippen molar-refractivity contribution < 1.29 is 4.42 Å². The van der Waals surface area contributed by atoms with Gasteiger partial charge in [0, 0.05) is 5.56 Å². The average Bonchev–Trinajstić information content (AvgIpc) is 3.22. The number of hydrogen-bond donors (Lipinski definition) is 0. The molecule has 0 bridgehead atoms. The number of oxazole rings is 1. The maximum absolute atomic E-state index is 6.23. The Morgan fingerprint density at radius 3 is 2.33 bits per heavy atom. The van der Waals surface area contributed by atoms with Gasteiger partial charge in [0.2, 0.25) is 5.89 Å². The summed E-state index contributed by atoms with van der Waals surface area (Å²) in [6.07, 6.45) is 2.16. The van der Waals surface area contributed by atoms with Gasteiger partial charge in [-0.2, -0.15) is 0 Å². The van der Waals surface area contributed by atoms with Crippen LogP contribution in [0, 0.1) is 0 Å². The van der Waals surface area contributed by atoms with Crippen molar-refractivity contribution in [2.75, 3.05) is 0 Å². The summed E-state index contributed by atoms with van der Waals surface area (Å²) in [6, 6.07) is 8.67. The fraction of sp³-hybridized carbons (Fsp3) is 0.476. The van der Waals surface area contributed by atoms with Crippen LogP contribution in [-0.2, 0) is 10.8 Å². The Morgan fingerprint density at radius 2 is 1.75 bits per heavy atom. The molecule has 3 heteroatoms. The van der Waals surface area contributed by atoms with Crippen LogP contribution in [0.25, 0.3) is 21.9 Å². The number of thiophene rings is 1. The van der Waals surface area contributed by atoms with Crippen molar-refractivity contribution in [3.8, 4) is 10.8 Å². The van der Waals surface area contributed by atoms with Gasteiger partial charge in [-0.05, 0) is 46.7 Å². The number of rotatable bonds is 5. The van der Waals surface area contributed by atoms with E-state index in [1.165, 1.54) is 11.1 Å². The first-order valence-corrected chi connectivity index (χ1v) is 9.66. The summed E-state index contributed by atoms with van der Waals surface area (Å²) in [5.74, 6) is 0.736. The van der Waals surface area contributed by atoms with Crippen LogP contribution < -0.4 is 0 Å².